The van der Waals surface area contributed by atoms with Gasteiger partial charge in [0, 0.05) is 6.08 Å². The smallest absolute Gasteiger partial charge is 0.315 e. The van der Waals surface area contributed by atoms with Crippen molar-refractivity contribution >= 4 is 10.4 Å². The fourth-order valence-electron chi connectivity index (χ4n) is 0.572. The molecular weight excluding hydrogens is 180 g/mol. The van der Waals surface area contributed by atoms with Crippen molar-refractivity contribution in [1.29, 1.82) is 0 Å². The lowest BCUT2D eigenvalue weighted by Crippen LogP contribution is -2.21. The third-order valence-electron chi connectivity index (χ3n) is 1.02. The third kappa shape index (κ3) is 2.43. The van der Waals surface area contributed by atoms with Crippen LogP contribution in [-0.2, 0) is 18.8 Å². The lowest BCUT2D eigenvalue weighted by Gasteiger charge is -2.16. The molecule has 1 rings (SSSR count). The summed E-state index contributed by atoms with van der Waals surface area (Å²) in [5.74, 6) is -0.00393. The minimum absolute atomic E-state index is 0.00393. The van der Waals surface area contributed by atoms with Gasteiger partial charge in [0.05, 0.1) is 0 Å². The van der Waals surface area contributed by atoms with Crippen molar-refractivity contribution in [3.63, 3.8) is 0 Å². The van der Waals surface area contributed by atoms with Crippen LogP contribution in [-0.4, -0.2) is 8.42 Å². The van der Waals surface area contributed by atoms with Crippen LogP contribution in [0.25, 0.3) is 0 Å². The zero-order chi connectivity index (χ0) is 9.03. The number of hydrogen-bond acceptors (Lipinski definition) is 4. The molecule has 0 bridgehead atoms. The van der Waals surface area contributed by atoms with E-state index in [0.29, 0.717) is 0 Å². The molecule has 12 heavy (non-hydrogen) atoms. The minimum Gasteiger partial charge on any atom is -0.315 e. The Kier molecular flexibility index (Phi) is 2.54. The molecule has 0 aromatic rings. The van der Waals surface area contributed by atoms with E-state index in [4.69, 9.17) is 0 Å². The van der Waals surface area contributed by atoms with E-state index < -0.39 is 10.4 Å². The van der Waals surface area contributed by atoms with Crippen LogP contribution in [0.5, 0.6) is 0 Å². The van der Waals surface area contributed by atoms with E-state index in [9.17, 15) is 8.42 Å². The number of rotatable bonds is 2. The van der Waals surface area contributed by atoms with Gasteiger partial charge in [-0.3, -0.25) is 0 Å². The summed E-state index contributed by atoms with van der Waals surface area (Å²) < 4.78 is 29.0. The van der Waals surface area contributed by atoms with Gasteiger partial charge in [-0.2, -0.15) is 0 Å². The monoisotopic (exact) mass is 188 g/mol. The molecule has 0 unspecified atom stereocenters. The maximum atomic E-state index is 10.3. The second-order valence-corrected chi connectivity index (χ2v) is 3.12. The van der Waals surface area contributed by atoms with Crippen LogP contribution in [0, 0.1) is 0 Å². The summed E-state index contributed by atoms with van der Waals surface area (Å²) in [4.78, 5) is 0. The number of hydrogen-bond donors (Lipinski definition) is 0. The van der Waals surface area contributed by atoms with E-state index in [1.807, 2.05) is 13.0 Å². The van der Waals surface area contributed by atoms with Crippen molar-refractivity contribution in [2.24, 2.45) is 0 Å². The molecule has 5 heteroatoms. The Morgan fingerprint density at radius 3 is 2.33 bits per heavy atom. The average molecular weight is 188 g/mol. The SMILES string of the molecule is C/C=C/C=C/C=C1OS(=O)(=O)O1. The summed E-state index contributed by atoms with van der Waals surface area (Å²) in [7, 11) is -3.69. The maximum absolute atomic E-state index is 10.3. The third-order valence-corrected chi connectivity index (χ3v) is 1.75. The molecule has 0 aliphatic carbocycles. The highest BCUT2D eigenvalue weighted by Gasteiger charge is 2.30. The predicted octanol–water partition coefficient (Wildman–Crippen LogP) is 1.25. The Hall–Kier alpha value is -1.23. The maximum Gasteiger partial charge on any atom is 0.506 e. The van der Waals surface area contributed by atoms with Gasteiger partial charge in [-0.25, -0.2) is 0 Å². The second-order valence-electron chi connectivity index (χ2n) is 1.97. The molecule has 66 valence electrons. The van der Waals surface area contributed by atoms with Gasteiger partial charge in [-0.15, -0.1) is 8.42 Å². The van der Waals surface area contributed by atoms with Crippen molar-refractivity contribution in [2.75, 3.05) is 0 Å². The highest BCUT2D eigenvalue weighted by molar-refractivity contribution is 7.83. The van der Waals surface area contributed by atoms with E-state index in [1.54, 1.807) is 18.2 Å². The summed E-state index contributed by atoms with van der Waals surface area (Å²) in [5.41, 5.74) is 0. The molecule has 1 fully saturated rings. The Bertz CT molecular complexity index is 320. The van der Waals surface area contributed by atoms with Gasteiger partial charge >= 0.3 is 16.3 Å². The lowest BCUT2D eigenvalue weighted by molar-refractivity contribution is 0.119. The van der Waals surface area contributed by atoms with Gasteiger partial charge in [-0.1, -0.05) is 24.3 Å². The highest BCUT2D eigenvalue weighted by Crippen LogP contribution is 2.21. The first-order valence-corrected chi connectivity index (χ1v) is 4.61. The summed E-state index contributed by atoms with van der Waals surface area (Å²) in [6.07, 6.45) is 8.40. The molecule has 4 nitrogen and oxygen atoms in total. The van der Waals surface area contributed by atoms with Crippen LogP contribution in [0.1, 0.15) is 6.92 Å². The molecule has 0 aromatic heterocycles. The Balaban J connectivity index is 2.43. The largest absolute Gasteiger partial charge is 0.506 e. The van der Waals surface area contributed by atoms with E-state index >= 15 is 0 Å². The van der Waals surface area contributed by atoms with Crippen LogP contribution >= 0.6 is 0 Å². The molecule has 0 aromatic carbocycles. The van der Waals surface area contributed by atoms with Crippen molar-refractivity contribution in [3.8, 4) is 0 Å². The van der Waals surface area contributed by atoms with Gasteiger partial charge in [0.15, 0.2) is 0 Å². The van der Waals surface area contributed by atoms with Crippen molar-refractivity contribution < 1.29 is 16.8 Å². The van der Waals surface area contributed by atoms with Crippen molar-refractivity contribution in [2.45, 2.75) is 6.92 Å². The summed E-state index contributed by atoms with van der Waals surface area (Å²) in [5, 5.41) is 0. The molecule has 0 N–H and O–H groups in total. The van der Waals surface area contributed by atoms with Gasteiger partial charge < -0.3 is 8.37 Å². The summed E-state index contributed by atoms with van der Waals surface area (Å²) >= 11 is 0. The van der Waals surface area contributed by atoms with Crippen molar-refractivity contribution in [3.05, 3.63) is 36.3 Å². The number of allylic oxidation sites excluding steroid dienone is 5. The molecule has 1 heterocycles. The zero-order valence-corrected chi connectivity index (χ0v) is 7.24. The molecule has 1 saturated heterocycles. The van der Waals surface area contributed by atoms with Gasteiger partial charge in [-0.05, 0) is 6.92 Å². The molecule has 1 aliphatic rings. The van der Waals surface area contributed by atoms with Crippen LogP contribution in [0.4, 0.5) is 0 Å². The zero-order valence-electron chi connectivity index (χ0n) is 6.43. The molecule has 0 radical (unpaired) electrons. The summed E-state index contributed by atoms with van der Waals surface area (Å²) in [6.45, 7) is 1.87. The fraction of sp³-hybridized carbons (Fsp3) is 0.143. The second kappa shape index (κ2) is 3.44. The molecule has 0 amide bonds. The Labute approximate surface area is 71.1 Å². The lowest BCUT2D eigenvalue weighted by atomic mass is 10.4. The minimum atomic E-state index is -3.69. The van der Waals surface area contributed by atoms with Crippen molar-refractivity contribution in [1.82, 2.24) is 0 Å². The predicted molar refractivity (Wildman–Crippen MR) is 43.1 cm³/mol. The van der Waals surface area contributed by atoms with E-state index in [2.05, 4.69) is 8.37 Å². The van der Waals surface area contributed by atoms with E-state index in [1.165, 1.54) is 6.08 Å². The Morgan fingerprint density at radius 2 is 1.83 bits per heavy atom. The van der Waals surface area contributed by atoms with Gasteiger partial charge in [0.2, 0.25) is 0 Å². The fourth-order valence-corrected chi connectivity index (χ4v) is 1.10. The Morgan fingerprint density at radius 1 is 1.17 bits per heavy atom. The summed E-state index contributed by atoms with van der Waals surface area (Å²) in [6, 6.07) is 0. The molecule has 1 aliphatic heterocycles. The first-order chi connectivity index (χ1) is 5.64. The molecule has 0 saturated carbocycles. The quantitative estimate of drug-likeness (QED) is 0.612. The first kappa shape index (κ1) is 8.86. The topological polar surface area (TPSA) is 52.6 Å². The average Bonchev–Trinajstić information content (AvgIpc) is 1.94. The normalized spacial score (nSPS) is 20.2. The molecule has 0 atom stereocenters. The molecular formula is C7H8O4S. The van der Waals surface area contributed by atoms with Gasteiger partial charge in [0.1, 0.15) is 0 Å². The van der Waals surface area contributed by atoms with Crippen LogP contribution < -0.4 is 0 Å². The van der Waals surface area contributed by atoms with Crippen LogP contribution in [0.2, 0.25) is 0 Å². The van der Waals surface area contributed by atoms with E-state index in [0.717, 1.165) is 0 Å². The highest BCUT2D eigenvalue weighted by atomic mass is 32.3. The molecule has 0 spiro atoms. The first-order valence-electron chi connectivity index (χ1n) is 3.27. The van der Waals surface area contributed by atoms with E-state index in [-0.39, 0.29) is 5.95 Å². The van der Waals surface area contributed by atoms with Crippen LogP contribution in [0.15, 0.2) is 36.3 Å². The van der Waals surface area contributed by atoms with Crippen LogP contribution in [0.3, 0.4) is 0 Å². The van der Waals surface area contributed by atoms with Gasteiger partial charge in [0.25, 0.3) is 0 Å². The standard InChI is InChI=1S/C7H8O4S/c1-2-3-4-5-6-7-10-12(8,9)11-7/h2-6H,1H3/b3-2+,5-4+.